The molecular formula is C21H24ClN5O3. The number of nitrogens with one attached hydrogen (secondary N) is 3. The maximum atomic E-state index is 12.6. The van der Waals surface area contributed by atoms with Crippen molar-refractivity contribution in [2.45, 2.75) is 25.4 Å². The molecule has 8 nitrogen and oxygen atoms in total. The Hall–Kier alpha value is -2.94. The maximum absolute atomic E-state index is 12.6. The van der Waals surface area contributed by atoms with Gasteiger partial charge in [0.2, 0.25) is 0 Å². The van der Waals surface area contributed by atoms with Crippen LogP contribution in [0.25, 0.3) is 11.3 Å². The van der Waals surface area contributed by atoms with Gasteiger partial charge in [0, 0.05) is 22.8 Å². The third-order valence-electron chi connectivity index (χ3n) is 4.69. The van der Waals surface area contributed by atoms with E-state index < -0.39 is 6.04 Å². The number of carbonyl (C=O) groups excluding carboxylic acids is 1. The van der Waals surface area contributed by atoms with Gasteiger partial charge in [0.15, 0.2) is 0 Å². The normalized spacial score (nSPS) is 12.9. The molecule has 0 aliphatic rings. The third-order valence-corrected chi connectivity index (χ3v) is 4.93. The molecule has 0 radical (unpaired) electrons. The largest absolute Gasteiger partial charge is 0.394 e. The molecule has 0 aliphatic carbocycles. The van der Waals surface area contributed by atoms with E-state index in [4.69, 9.17) is 11.6 Å². The number of aromatic amines is 1. The van der Waals surface area contributed by atoms with Crippen molar-refractivity contribution in [3.05, 3.63) is 65.2 Å². The fraction of sp³-hybridized carbons (Fsp3) is 0.286. The molecule has 1 amide bonds. The molecule has 3 aromatic rings. The van der Waals surface area contributed by atoms with E-state index in [2.05, 4.69) is 25.6 Å². The van der Waals surface area contributed by atoms with E-state index >= 15 is 0 Å². The lowest BCUT2D eigenvalue weighted by Gasteiger charge is -2.16. The van der Waals surface area contributed by atoms with Crippen LogP contribution in [-0.2, 0) is 0 Å². The van der Waals surface area contributed by atoms with Crippen LogP contribution < -0.4 is 10.6 Å². The van der Waals surface area contributed by atoms with Crippen molar-refractivity contribution < 1.29 is 15.0 Å². The average Bonchev–Trinajstić information content (AvgIpc) is 3.26. The first-order chi connectivity index (χ1) is 14.5. The molecule has 30 heavy (non-hydrogen) atoms. The monoisotopic (exact) mass is 429 g/mol. The van der Waals surface area contributed by atoms with Gasteiger partial charge in [0.25, 0.3) is 5.91 Å². The lowest BCUT2D eigenvalue weighted by Crippen LogP contribution is -2.31. The minimum Gasteiger partial charge on any atom is -0.394 e. The van der Waals surface area contributed by atoms with Crippen LogP contribution in [-0.4, -0.2) is 50.3 Å². The van der Waals surface area contributed by atoms with Crippen LogP contribution in [0.4, 0.5) is 5.82 Å². The number of hydrogen-bond acceptors (Lipinski definition) is 6. The number of aliphatic hydroxyl groups is 2. The van der Waals surface area contributed by atoms with Crippen molar-refractivity contribution in [2.24, 2.45) is 0 Å². The van der Waals surface area contributed by atoms with Crippen LogP contribution in [0.5, 0.6) is 0 Å². The second kappa shape index (κ2) is 10.2. The molecule has 2 atom stereocenters. The quantitative estimate of drug-likeness (QED) is 0.356. The highest BCUT2D eigenvalue weighted by Crippen LogP contribution is 2.22. The average molecular weight is 430 g/mol. The Balaban J connectivity index is 1.73. The van der Waals surface area contributed by atoms with Gasteiger partial charge in [-0.25, -0.2) is 9.97 Å². The van der Waals surface area contributed by atoms with Crippen molar-refractivity contribution in [3.8, 4) is 11.3 Å². The molecule has 0 fully saturated rings. The molecule has 2 heterocycles. The Morgan fingerprint density at radius 3 is 2.73 bits per heavy atom. The number of aromatic nitrogens is 3. The van der Waals surface area contributed by atoms with E-state index in [9.17, 15) is 15.0 Å². The molecule has 158 valence electrons. The molecule has 9 heteroatoms. The van der Waals surface area contributed by atoms with Gasteiger partial charge in [-0.3, -0.25) is 4.79 Å². The Morgan fingerprint density at radius 1 is 1.20 bits per heavy atom. The van der Waals surface area contributed by atoms with Crippen LogP contribution in [0.1, 0.15) is 35.4 Å². The van der Waals surface area contributed by atoms with Crippen LogP contribution in [0.15, 0.2) is 48.9 Å². The summed E-state index contributed by atoms with van der Waals surface area (Å²) >= 11 is 6.00. The molecular weight excluding hydrogens is 406 g/mol. The summed E-state index contributed by atoms with van der Waals surface area (Å²) < 4.78 is 0. The summed E-state index contributed by atoms with van der Waals surface area (Å²) in [6.07, 6.45) is 3.86. The zero-order valence-corrected chi connectivity index (χ0v) is 17.2. The number of aliphatic hydroxyl groups excluding tert-OH is 2. The Labute approximate surface area is 179 Å². The molecule has 0 spiro atoms. The van der Waals surface area contributed by atoms with Crippen molar-refractivity contribution in [1.82, 2.24) is 20.3 Å². The second-order valence-corrected chi connectivity index (χ2v) is 7.22. The first-order valence-electron chi connectivity index (χ1n) is 9.59. The standard InChI is InChI=1S/C21H24ClN5O3/c1-2-16(10-28)26-20-8-17(24-12-25-20)14-7-18(23-9-14)21(30)27-19(11-29)13-4-3-5-15(22)6-13/h3-9,12,16,19,23,28-29H,2,10-11H2,1H3,(H,27,30)(H,24,25,26). The first kappa shape index (κ1) is 21.8. The fourth-order valence-corrected chi connectivity index (χ4v) is 3.15. The lowest BCUT2D eigenvalue weighted by molar-refractivity contribution is 0.0911. The second-order valence-electron chi connectivity index (χ2n) is 6.79. The zero-order valence-electron chi connectivity index (χ0n) is 16.5. The minimum atomic E-state index is -0.581. The van der Waals surface area contributed by atoms with Gasteiger partial charge < -0.3 is 25.8 Å². The maximum Gasteiger partial charge on any atom is 0.268 e. The molecule has 0 saturated heterocycles. The highest BCUT2D eigenvalue weighted by atomic mass is 35.5. The van der Waals surface area contributed by atoms with E-state index in [0.717, 1.165) is 6.42 Å². The Bertz CT molecular complexity index is 990. The summed E-state index contributed by atoms with van der Waals surface area (Å²) in [6, 6.07) is 9.74. The molecule has 3 rings (SSSR count). The fourth-order valence-electron chi connectivity index (χ4n) is 2.95. The SMILES string of the molecule is CCC(CO)Nc1cc(-c2c[nH]c(C(=O)NC(CO)c3cccc(Cl)c3)c2)ncn1. The summed E-state index contributed by atoms with van der Waals surface area (Å²) in [5.41, 5.74) is 2.39. The predicted octanol–water partition coefficient (Wildman–Crippen LogP) is 2.77. The van der Waals surface area contributed by atoms with E-state index in [1.165, 1.54) is 6.33 Å². The number of amides is 1. The molecule has 1 aromatic carbocycles. The number of anilines is 1. The first-order valence-corrected chi connectivity index (χ1v) is 9.97. The number of nitrogens with zero attached hydrogens (tertiary/aromatic N) is 2. The molecule has 2 unspecified atom stereocenters. The Kier molecular flexibility index (Phi) is 7.40. The summed E-state index contributed by atoms with van der Waals surface area (Å²) in [6.45, 7) is 1.71. The van der Waals surface area contributed by atoms with Gasteiger partial charge in [-0.2, -0.15) is 0 Å². The summed E-state index contributed by atoms with van der Waals surface area (Å²) in [7, 11) is 0. The van der Waals surface area contributed by atoms with Crippen LogP contribution >= 0.6 is 11.6 Å². The summed E-state index contributed by atoms with van der Waals surface area (Å²) in [4.78, 5) is 24.0. The summed E-state index contributed by atoms with van der Waals surface area (Å²) in [5, 5.41) is 25.5. The zero-order chi connectivity index (χ0) is 21.5. The Morgan fingerprint density at radius 2 is 2.03 bits per heavy atom. The third kappa shape index (κ3) is 5.35. The minimum absolute atomic E-state index is 0.00294. The number of H-pyrrole nitrogens is 1. The van der Waals surface area contributed by atoms with Gasteiger partial charge in [-0.15, -0.1) is 0 Å². The topological polar surface area (TPSA) is 123 Å². The molecule has 2 aromatic heterocycles. The van der Waals surface area contributed by atoms with Crippen molar-refractivity contribution in [2.75, 3.05) is 18.5 Å². The van der Waals surface area contributed by atoms with E-state index in [-0.39, 0.29) is 25.2 Å². The summed E-state index contributed by atoms with van der Waals surface area (Å²) in [5.74, 6) is 0.230. The predicted molar refractivity (Wildman–Crippen MR) is 115 cm³/mol. The van der Waals surface area contributed by atoms with Gasteiger partial charge in [0.05, 0.1) is 31.0 Å². The highest BCUT2D eigenvalue weighted by molar-refractivity contribution is 6.30. The van der Waals surface area contributed by atoms with Gasteiger partial charge in [-0.1, -0.05) is 30.7 Å². The number of rotatable bonds is 9. The van der Waals surface area contributed by atoms with Crippen molar-refractivity contribution in [3.63, 3.8) is 0 Å². The van der Waals surface area contributed by atoms with E-state index in [0.29, 0.717) is 33.4 Å². The molecule has 0 saturated carbocycles. The van der Waals surface area contributed by atoms with Gasteiger partial charge in [0.1, 0.15) is 17.8 Å². The number of halogens is 1. The van der Waals surface area contributed by atoms with Crippen molar-refractivity contribution in [1.29, 1.82) is 0 Å². The van der Waals surface area contributed by atoms with E-state index in [1.807, 2.05) is 6.92 Å². The van der Waals surface area contributed by atoms with Crippen LogP contribution in [0.2, 0.25) is 5.02 Å². The highest BCUT2D eigenvalue weighted by Gasteiger charge is 2.17. The molecule has 0 bridgehead atoms. The number of benzene rings is 1. The smallest absolute Gasteiger partial charge is 0.268 e. The van der Waals surface area contributed by atoms with Crippen molar-refractivity contribution >= 4 is 23.3 Å². The van der Waals surface area contributed by atoms with Crippen LogP contribution in [0, 0.1) is 0 Å². The van der Waals surface area contributed by atoms with Gasteiger partial charge in [-0.05, 0) is 30.2 Å². The van der Waals surface area contributed by atoms with E-state index in [1.54, 1.807) is 42.6 Å². The van der Waals surface area contributed by atoms with Crippen LogP contribution in [0.3, 0.4) is 0 Å². The molecule has 5 N–H and O–H groups in total. The molecule has 0 aliphatic heterocycles. The van der Waals surface area contributed by atoms with Gasteiger partial charge >= 0.3 is 0 Å². The number of hydrogen-bond donors (Lipinski definition) is 5. The number of carbonyl (C=O) groups is 1. The lowest BCUT2D eigenvalue weighted by atomic mass is 10.1.